The normalized spacial score (nSPS) is 11.2. The van der Waals surface area contributed by atoms with E-state index in [0.717, 1.165) is 11.3 Å². The maximum atomic E-state index is 11.9. The Morgan fingerprint density at radius 3 is 2.67 bits per heavy atom. The van der Waals surface area contributed by atoms with Gasteiger partial charge in [-0.1, -0.05) is 6.07 Å². The van der Waals surface area contributed by atoms with E-state index >= 15 is 0 Å². The third-order valence-electron chi connectivity index (χ3n) is 2.21. The summed E-state index contributed by atoms with van der Waals surface area (Å²) in [5.41, 5.74) is 0.115. The number of sulfonamides is 1. The molecule has 0 aliphatic carbocycles. The molecule has 0 amide bonds. The zero-order valence-electron chi connectivity index (χ0n) is 9.45. The van der Waals surface area contributed by atoms with Crippen LogP contribution < -0.4 is 9.46 Å². The van der Waals surface area contributed by atoms with Gasteiger partial charge < -0.3 is 9.84 Å². The zero-order chi connectivity index (χ0) is 13.2. The Kier molecular flexibility index (Phi) is 3.44. The molecule has 1 aromatic heterocycles. The summed E-state index contributed by atoms with van der Waals surface area (Å²) in [4.78, 5) is 0. The standard InChI is InChI=1S/C11H11NO4S2/c1-16-8-4-5-9(10(13)7-8)12-18(14,15)11-3-2-6-17-11/h2-7,12-13H,1H3. The van der Waals surface area contributed by atoms with Gasteiger partial charge in [0.1, 0.15) is 15.7 Å². The van der Waals surface area contributed by atoms with Crippen LogP contribution in [0.3, 0.4) is 0 Å². The molecule has 7 heteroatoms. The van der Waals surface area contributed by atoms with Crippen molar-refractivity contribution in [2.24, 2.45) is 0 Å². The highest BCUT2D eigenvalue weighted by Crippen LogP contribution is 2.30. The van der Waals surface area contributed by atoms with Crippen LogP contribution in [0.25, 0.3) is 0 Å². The van der Waals surface area contributed by atoms with Gasteiger partial charge in [0.2, 0.25) is 0 Å². The quantitative estimate of drug-likeness (QED) is 0.845. The Morgan fingerprint density at radius 1 is 1.33 bits per heavy atom. The number of methoxy groups -OCH3 is 1. The van der Waals surface area contributed by atoms with E-state index in [1.165, 1.54) is 25.3 Å². The van der Waals surface area contributed by atoms with E-state index in [9.17, 15) is 13.5 Å². The van der Waals surface area contributed by atoms with Crippen LogP contribution in [-0.4, -0.2) is 20.6 Å². The number of phenolic OH excluding ortho intramolecular Hbond substituents is 1. The van der Waals surface area contributed by atoms with Gasteiger partial charge in [-0.2, -0.15) is 0 Å². The number of ether oxygens (including phenoxy) is 1. The second-order valence-corrected chi connectivity index (χ2v) is 6.28. The second kappa shape index (κ2) is 4.87. The van der Waals surface area contributed by atoms with E-state index in [4.69, 9.17) is 4.74 Å². The molecule has 96 valence electrons. The maximum Gasteiger partial charge on any atom is 0.271 e. The highest BCUT2D eigenvalue weighted by molar-refractivity contribution is 7.94. The fourth-order valence-electron chi connectivity index (χ4n) is 1.34. The van der Waals surface area contributed by atoms with Crippen molar-refractivity contribution in [3.63, 3.8) is 0 Å². The summed E-state index contributed by atoms with van der Waals surface area (Å²) in [6.45, 7) is 0. The number of aromatic hydroxyl groups is 1. The Bertz CT molecular complexity index is 635. The van der Waals surface area contributed by atoms with Gasteiger partial charge in [-0.25, -0.2) is 8.42 Å². The van der Waals surface area contributed by atoms with Crippen LogP contribution in [-0.2, 0) is 10.0 Å². The first-order chi connectivity index (χ1) is 8.53. The highest BCUT2D eigenvalue weighted by atomic mass is 32.2. The lowest BCUT2D eigenvalue weighted by molar-refractivity contribution is 0.408. The number of phenols is 1. The molecule has 0 radical (unpaired) electrons. The molecule has 0 fully saturated rings. The lowest BCUT2D eigenvalue weighted by Crippen LogP contribution is -2.11. The second-order valence-electron chi connectivity index (χ2n) is 3.42. The van der Waals surface area contributed by atoms with Crippen molar-refractivity contribution >= 4 is 27.0 Å². The third kappa shape index (κ3) is 2.57. The van der Waals surface area contributed by atoms with E-state index < -0.39 is 10.0 Å². The van der Waals surface area contributed by atoms with Crippen LogP contribution in [0, 0.1) is 0 Å². The van der Waals surface area contributed by atoms with Crippen molar-refractivity contribution < 1.29 is 18.3 Å². The molecule has 0 saturated carbocycles. The number of hydrogen-bond acceptors (Lipinski definition) is 5. The maximum absolute atomic E-state index is 11.9. The fourth-order valence-corrected chi connectivity index (χ4v) is 3.40. The Hall–Kier alpha value is -1.73. The molecule has 0 atom stereocenters. The summed E-state index contributed by atoms with van der Waals surface area (Å²) < 4.78 is 31.3. The summed E-state index contributed by atoms with van der Waals surface area (Å²) in [6, 6.07) is 7.48. The number of nitrogens with one attached hydrogen (secondary N) is 1. The van der Waals surface area contributed by atoms with Crippen molar-refractivity contribution in [3.8, 4) is 11.5 Å². The van der Waals surface area contributed by atoms with Crippen LogP contribution in [0.15, 0.2) is 39.9 Å². The number of benzene rings is 1. The Labute approximate surface area is 109 Å². The highest BCUT2D eigenvalue weighted by Gasteiger charge is 2.17. The number of rotatable bonds is 4. The minimum Gasteiger partial charge on any atom is -0.506 e. The average molecular weight is 285 g/mol. The molecule has 2 rings (SSSR count). The van der Waals surface area contributed by atoms with Gasteiger partial charge in [-0.15, -0.1) is 11.3 Å². The Morgan fingerprint density at radius 2 is 2.11 bits per heavy atom. The summed E-state index contributed by atoms with van der Waals surface area (Å²) in [6.07, 6.45) is 0. The van der Waals surface area contributed by atoms with E-state index in [1.807, 2.05) is 0 Å². The van der Waals surface area contributed by atoms with Crippen LogP contribution >= 0.6 is 11.3 Å². The van der Waals surface area contributed by atoms with Crippen LogP contribution in [0.2, 0.25) is 0 Å². The van der Waals surface area contributed by atoms with Gasteiger partial charge in [0, 0.05) is 6.07 Å². The monoisotopic (exact) mass is 285 g/mol. The zero-order valence-corrected chi connectivity index (χ0v) is 11.1. The van der Waals surface area contributed by atoms with E-state index in [1.54, 1.807) is 17.5 Å². The van der Waals surface area contributed by atoms with Crippen LogP contribution in [0.5, 0.6) is 11.5 Å². The lowest BCUT2D eigenvalue weighted by Gasteiger charge is -2.09. The molecule has 1 aromatic carbocycles. The molecule has 18 heavy (non-hydrogen) atoms. The molecule has 0 unspecified atom stereocenters. The van der Waals surface area contributed by atoms with Crippen molar-refractivity contribution in [1.82, 2.24) is 0 Å². The van der Waals surface area contributed by atoms with Gasteiger partial charge >= 0.3 is 0 Å². The molecule has 5 nitrogen and oxygen atoms in total. The summed E-state index contributed by atoms with van der Waals surface area (Å²) in [5, 5.41) is 11.3. The molecule has 0 bridgehead atoms. The molecular weight excluding hydrogens is 274 g/mol. The van der Waals surface area contributed by atoms with Gasteiger partial charge in [-0.3, -0.25) is 4.72 Å². The first-order valence-electron chi connectivity index (χ1n) is 4.96. The predicted molar refractivity (Wildman–Crippen MR) is 69.8 cm³/mol. The van der Waals surface area contributed by atoms with Crippen molar-refractivity contribution in [1.29, 1.82) is 0 Å². The number of hydrogen-bond donors (Lipinski definition) is 2. The molecular formula is C11H11NO4S2. The minimum absolute atomic E-state index is 0.115. The minimum atomic E-state index is -3.64. The van der Waals surface area contributed by atoms with Crippen LogP contribution in [0.4, 0.5) is 5.69 Å². The SMILES string of the molecule is COc1ccc(NS(=O)(=O)c2cccs2)c(O)c1. The Balaban J connectivity index is 2.30. The van der Waals surface area contributed by atoms with Crippen molar-refractivity contribution in [3.05, 3.63) is 35.7 Å². The first kappa shape index (κ1) is 12.7. The molecule has 0 aliphatic rings. The summed E-state index contributed by atoms with van der Waals surface area (Å²) in [5.74, 6) is 0.265. The smallest absolute Gasteiger partial charge is 0.271 e. The number of thiophene rings is 1. The van der Waals surface area contributed by atoms with E-state index in [0.29, 0.717) is 5.75 Å². The predicted octanol–water partition coefficient (Wildman–Crippen LogP) is 2.26. The topological polar surface area (TPSA) is 75.6 Å². The van der Waals surface area contributed by atoms with Crippen LogP contribution in [0.1, 0.15) is 0 Å². The lowest BCUT2D eigenvalue weighted by atomic mass is 10.3. The summed E-state index contributed by atoms with van der Waals surface area (Å²) in [7, 11) is -2.18. The van der Waals surface area contributed by atoms with E-state index in [2.05, 4.69) is 4.72 Å². The van der Waals surface area contributed by atoms with Gasteiger partial charge in [-0.05, 0) is 23.6 Å². The number of anilines is 1. The van der Waals surface area contributed by atoms with E-state index in [-0.39, 0.29) is 15.6 Å². The molecule has 2 aromatic rings. The molecule has 1 heterocycles. The largest absolute Gasteiger partial charge is 0.506 e. The molecule has 0 spiro atoms. The van der Waals surface area contributed by atoms with Crippen molar-refractivity contribution in [2.75, 3.05) is 11.8 Å². The molecule has 0 saturated heterocycles. The first-order valence-corrected chi connectivity index (χ1v) is 7.32. The van der Waals surface area contributed by atoms with Crippen molar-refractivity contribution in [2.45, 2.75) is 4.21 Å². The molecule has 0 aliphatic heterocycles. The average Bonchev–Trinajstić information content (AvgIpc) is 2.86. The van der Waals surface area contributed by atoms with Gasteiger partial charge in [0.05, 0.1) is 12.8 Å². The summed E-state index contributed by atoms with van der Waals surface area (Å²) >= 11 is 1.11. The van der Waals surface area contributed by atoms with Gasteiger partial charge in [0.25, 0.3) is 10.0 Å². The van der Waals surface area contributed by atoms with Gasteiger partial charge in [0.15, 0.2) is 0 Å². The third-order valence-corrected chi connectivity index (χ3v) is 4.97. The fraction of sp³-hybridized carbons (Fsp3) is 0.0909. The molecule has 2 N–H and O–H groups in total.